The monoisotopic (exact) mass is 375 g/mol. The van der Waals surface area contributed by atoms with Gasteiger partial charge in [-0.05, 0) is 42.0 Å². The highest BCUT2D eigenvalue weighted by molar-refractivity contribution is 7.10. The maximum atomic E-state index is 12.9. The summed E-state index contributed by atoms with van der Waals surface area (Å²) in [5, 5.41) is 7.87. The van der Waals surface area contributed by atoms with E-state index in [9.17, 15) is 14.0 Å². The Bertz CT molecular complexity index is 726. The number of likely N-dealkylation sites (tertiary alicyclic amines) is 1. The van der Waals surface area contributed by atoms with Crippen molar-refractivity contribution in [1.29, 1.82) is 0 Å². The molecule has 1 aliphatic rings. The minimum absolute atomic E-state index is 0.0339. The molecular weight excluding hydrogens is 353 g/mol. The zero-order chi connectivity index (χ0) is 18.4. The van der Waals surface area contributed by atoms with E-state index in [0.717, 1.165) is 23.3 Å². The van der Waals surface area contributed by atoms with E-state index in [2.05, 4.69) is 10.6 Å². The van der Waals surface area contributed by atoms with Gasteiger partial charge in [0.1, 0.15) is 5.82 Å². The molecule has 1 aromatic carbocycles. The van der Waals surface area contributed by atoms with Gasteiger partial charge in [0.25, 0.3) is 0 Å². The first-order valence-electron chi connectivity index (χ1n) is 8.69. The van der Waals surface area contributed by atoms with Crippen LogP contribution >= 0.6 is 11.3 Å². The lowest BCUT2D eigenvalue weighted by atomic mass is 10.1. The normalized spacial score (nSPS) is 14.9. The van der Waals surface area contributed by atoms with Crippen molar-refractivity contribution < 1.29 is 14.0 Å². The van der Waals surface area contributed by atoms with E-state index in [-0.39, 0.29) is 23.8 Å². The molecular formula is C19H22FN3O2S. The molecule has 0 unspecified atom stereocenters. The number of hydrogen-bond acceptors (Lipinski definition) is 3. The Morgan fingerprint density at radius 2 is 1.88 bits per heavy atom. The third-order valence-electron chi connectivity index (χ3n) is 4.42. The van der Waals surface area contributed by atoms with E-state index in [0.29, 0.717) is 26.1 Å². The largest absolute Gasteiger partial charge is 0.353 e. The summed E-state index contributed by atoms with van der Waals surface area (Å²) in [6.07, 6.45) is 1.91. The van der Waals surface area contributed by atoms with Gasteiger partial charge in [-0.25, -0.2) is 9.18 Å². The number of amides is 3. The van der Waals surface area contributed by atoms with Gasteiger partial charge in [0.05, 0.1) is 6.42 Å². The highest BCUT2D eigenvalue weighted by Crippen LogP contribution is 2.13. The van der Waals surface area contributed by atoms with Crippen LogP contribution in [-0.2, 0) is 17.8 Å². The molecule has 26 heavy (non-hydrogen) atoms. The number of carbonyl (C=O) groups excluding carboxylic acids is 2. The second kappa shape index (κ2) is 8.80. The average Bonchev–Trinajstić information content (AvgIpc) is 3.14. The van der Waals surface area contributed by atoms with Crippen LogP contribution in [0.2, 0.25) is 0 Å². The van der Waals surface area contributed by atoms with Gasteiger partial charge in [0.15, 0.2) is 0 Å². The Morgan fingerprint density at radius 3 is 2.54 bits per heavy atom. The van der Waals surface area contributed by atoms with Crippen LogP contribution in [0.3, 0.4) is 0 Å². The van der Waals surface area contributed by atoms with Crippen molar-refractivity contribution in [2.24, 2.45) is 0 Å². The van der Waals surface area contributed by atoms with Crippen molar-refractivity contribution in [3.8, 4) is 0 Å². The first kappa shape index (κ1) is 18.4. The maximum absolute atomic E-state index is 12.9. The first-order valence-corrected chi connectivity index (χ1v) is 9.57. The molecule has 5 nitrogen and oxygen atoms in total. The summed E-state index contributed by atoms with van der Waals surface area (Å²) < 4.78 is 12.9. The summed E-state index contributed by atoms with van der Waals surface area (Å²) >= 11 is 1.58. The first-order chi connectivity index (χ1) is 12.6. The third kappa shape index (κ3) is 5.29. The van der Waals surface area contributed by atoms with Gasteiger partial charge >= 0.3 is 6.03 Å². The Kier molecular flexibility index (Phi) is 6.22. The number of rotatable bonds is 5. The van der Waals surface area contributed by atoms with Crippen LogP contribution in [0.25, 0.3) is 0 Å². The molecule has 1 aromatic heterocycles. The number of nitrogens with one attached hydrogen (secondary N) is 2. The molecule has 0 spiro atoms. The second-order valence-corrected chi connectivity index (χ2v) is 7.40. The maximum Gasteiger partial charge on any atom is 0.317 e. The molecule has 2 N–H and O–H groups in total. The van der Waals surface area contributed by atoms with E-state index in [4.69, 9.17) is 0 Å². The van der Waals surface area contributed by atoms with Crippen molar-refractivity contribution in [3.63, 3.8) is 0 Å². The summed E-state index contributed by atoms with van der Waals surface area (Å²) in [6, 6.07) is 9.96. The third-order valence-corrected chi connectivity index (χ3v) is 5.30. The highest BCUT2D eigenvalue weighted by Gasteiger charge is 2.23. The predicted molar refractivity (Wildman–Crippen MR) is 99.4 cm³/mol. The topological polar surface area (TPSA) is 61.4 Å². The number of thiophene rings is 1. The van der Waals surface area contributed by atoms with E-state index in [1.54, 1.807) is 28.4 Å². The molecule has 3 amide bonds. The molecule has 1 aliphatic heterocycles. The number of benzene rings is 1. The second-order valence-electron chi connectivity index (χ2n) is 6.37. The zero-order valence-corrected chi connectivity index (χ0v) is 15.2. The van der Waals surface area contributed by atoms with Gasteiger partial charge in [0.2, 0.25) is 5.91 Å². The van der Waals surface area contributed by atoms with Crippen LogP contribution in [0.15, 0.2) is 41.8 Å². The van der Waals surface area contributed by atoms with Crippen molar-refractivity contribution >= 4 is 23.3 Å². The molecule has 7 heteroatoms. The fourth-order valence-electron chi connectivity index (χ4n) is 2.97. The quantitative estimate of drug-likeness (QED) is 0.844. The number of carbonyl (C=O) groups is 2. The van der Waals surface area contributed by atoms with Crippen LogP contribution < -0.4 is 10.6 Å². The minimum Gasteiger partial charge on any atom is -0.353 e. The van der Waals surface area contributed by atoms with Crippen molar-refractivity contribution in [3.05, 3.63) is 58.0 Å². The van der Waals surface area contributed by atoms with E-state index < -0.39 is 0 Å². The highest BCUT2D eigenvalue weighted by atomic mass is 32.1. The minimum atomic E-state index is -0.289. The number of halogens is 1. The molecule has 2 aromatic rings. The Balaban J connectivity index is 1.38. The molecule has 2 heterocycles. The van der Waals surface area contributed by atoms with Gasteiger partial charge in [-0.3, -0.25) is 4.79 Å². The van der Waals surface area contributed by atoms with Gasteiger partial charge in [0, 0.05) is 30.6 Å². The summed E-state index contributed by atoms with van der Waals surface area (Å²) in [6.45, 7) is 1.59. The van der Waals surface area contributed by atoms with Crippen LogP contribution in [0.5, 0.6) is 0 Å². The fourth-order valence-corrected chi connectivity index (χ4v) is 3.67. The van der Waals surface area contributed by atoms with E-state index in [1.807, 2.05) is 17.5 Å². The molecule has 1 saturated heterocycles. The molecule has 0 saturated carbocycles. The molecule has 0 radical (unpaired) electrons. The zero-order valence-electron chi connectivity index (χ0n) is 14.4. The van der Waals surface area contributed by atoms with Gasteiger partial charge < -0.3 is 15.5 Å². The SMILES string of the molecule is O=C(Cc1cccs1)NC1CCN(C(=O)NCc2ccc(F)cc2)CC1. The summed E-state index contributed by atoms with van der Waals surface area (Å²) in [5.41, 5.74) is 0.857. The van der Waals surface area contributed by atoms with Crippen LogP contribution in [-0.4, -0.2) is 36.0 Å². The summed E-state index contributed by atoms with van der Waals surface area (Å²) in [4.78, 5) is 27.1. The lowest BCUT2D eigenvalue weighted by molar-refractivity contribution is -0.121. The number of urea groups is 1. The lowest BCUT2D eigenvalue weighted by Crippen LogP contribution is -2.49. The number of piperidine rings is 1. The Labute approximate surface area is 156 Å². The Hall–Kier alpha value is -2.41. The summed E-state index contributed by atoms with van der Waals surface area (Å²) in [5.74, 6) is -0.255. The standard InChI is InChI=1S/C19H22FN3O2S/c20-15-5-3-14(4-6-15)13-21-19(25)23-9-7-16(8-10-23)22-18(24)12-17-2-1-11-26-17/h1-6,11,16H,7-10,12-13H2,(H,21,25)(H,22,24). The van der Waals surface area contributed by atoms with Gasteiger partial charge in [-0.2, -0.15) is 0 Å². The average molecular weight is 375 g/mol. The van der Waals surface area contributed by atoms with Crippen LogP contribution in [0.1, 0.15) is 23.3 Å². The predicted octanol–water partition coefficient (Wildman–Crippen LogP) is 2.92. The molecule has 0 bridgehead atoms. The van der Waals surface area contributed by atoms with Crippen molar-refractivity contribution in [2.75, 3.05) is 13.1 Å². The Morgan fingerprint density at radius 1 is 1.15 bits per heavy atom. The molecule has 0 aliphatic carbocycles. The molecule has 138 valence electrons. The van der Waals surface area contributed by atoms with Crippen LogP contribution in [0, 0.1) is 5.82 Å². The van der Waals surface area contributed by atoms with Crippen molar-refractivity contribution in [1.82, 2.24) is 15.5 Å². The van der Waals surface area contributed by atoms with Crippen LogP contribution in [0.4, 0.5) is 9.18 Å². The smallest absolute Gasteiger partial charge is 0.317 e. The molecule has 0 atom stereocenters. The summed E-state index contributed by atoms with van der Waals surface area (Å²) in [7, 11) is 0. The molecule has 1 fully saturated rings. The molecule has 3 rings (SSSR count). The number of nitrogens with zero attached hydrogens (tertiary/aromatic N) is 1. The fraction of sp³-hybridized carbons (Fsp3) is 0.368. The van der Waals surface area contributed by atoms with Crippen molar-refractivity contribution in [2.45, 2.75) is 31.8 Å². The number of hydrogen-bond donors (Lipinski definition) is 2. The van der Waals surface area contributed by atoms with E-state index >= 15 is 0 Å². The van der Waals surface area contributed by atoms with Gasteiger partial charge in [-0.15, -0.1) is 11.3 Å². The lowest BCUT2D eigenvalue weighted by Gasteiger charge is -2.32. The van der Waals surface area contributed by atoms with Gasteiger partial charge in [-0.1, -0.05) is 18.2 Å². The van der Waals surface area contributed by atoms with E-state index in [1.165, 1.54) is 12.1 Å².